The lowest BCUT2D eigenvalue weighted by molar-refractivity contribution is 0.0951. The first kappa shape index (κ1) is 21.1. The van der Waals surface area contributed by atoms with Crippen molar-refractivity contribution in [2.45, 2.75) is 13.8 Å². The van der Waals surface area contributed by atoms with Gasteiger partial charge in [0.15, 0.2) is 5.65 Å². The van der Waals surface area contributed by atoms with E-state index in [2.05, 4.69) is 20.4 Å². The Balaban J connectivity index is 1.87. The second-order valence-electron chi connectivity index (χ2n) is 7.48. The Labute approximate surface area is 188 Å². The van der Waals surface area contributed by atoms with Crippen LogP contribution in [0.4, 0.5) is 5.82 Å². The SMILES string of the molecule is CC(C)CNC(=O)c1c(N)n(/N=C/c2ccc(Cl)c(Cl)c2)c2nc3ccccc3nc12. The van der Waals surface area contributed by atoms with E-state index in [1.54, 1.807) is 24.4 Å². The summed E-state index contributed by atoms with van der Waals surface area (Å²) in [5, 5.41) is 8.22. The van der Waals surface area contributed by atoms with Gasteiger partial charge in [-0.2, -0.15) is 9.78 Å². The largest absolute Gasteiger partial charge is 0.383 e. The van der Waals surface area contributed by atoms with Gasteiger partial charge in [0.25, 0.3) is 5.91 Å². The van der Waals surface area contributed by atoms with Gasteiger partial charge in [-0.1, -0.05) is 55.2 Å². The van der Waals surface area contributed by atoms with Gasteiger partial charge in [-0.25, -0.2) is 9.97 Å². The molecule has 4 rings (SSSR count). The van der Waals surface area contributed by atoms with E-state index >= 15 is 0 Å². The maximum absolute atomic E-state index is 12.9. The van der Waals surface area contributed by atoms with Crippen molar-refractivity contribution in [2.24, 2.45) is 11.0 Å². The van der Waals surface area contributed by atoms with Crippen LogP contribution in [0.3, 0.4) is 0 Å². The quantitative estimate of drug-likeness (QED) is 0.425. The third-order valence-electron chi connectivity index (χ3n) is 4.64. The van der Waals surface area contributed by atoms with Crippen molar-refractivity contribution in [3.05, 3.63) is 63.6 Å². The monoisotopic (exact) mass is 454 g/mol. The molecular weight excluding hydrogens is 435 g/mol. The van der Waals surface area contributed by atoms with E-state index in [1.807, 2.05) is 38.1 Å². The molecule has 2 heterocycles. The molecule has 0 fully saturated rings. The first-order valence-corrected chi connectivity index (χ1v) is 10.4. The van der Waals surface area contributed by atoms with Gasteiger partial charge in [-0.05, 0) is 35.7 Å². The first-order chi connectivity index (χ1) is 14.8. The predicted octanol–water partition coefficient (Wildman–Crippen LogP) is 4.74. The van der Waals surface area contributed by atoms with Crippen LogP contribution >= 0.6 is 23.2 Å². The van der Waals surface area contributed by atoms with Crippen molar-refractivity contribution < 1.29 is 4.79 Å². The Morgan fingerprint density at radius 2 is 1.87 bits per heavy atom. The van der Waals surface area contributed by atoms with Crippen molar-refractivity contribution >= 4 is 63.3 Å². The van der Waals surface area contributed by atoms with Crippen molar-refractivity contribution in [2.75, 3.05) is 12.3 Å². The molecule has 0 aliphatic carbocycles. The number of amides is 1. The van der Waals surface area contributed by atoms with Gasteiger partial charge in [-0.15, -0.1) is 0 Å². The average molecular weight is 455 g/mol. The molecule has 0 saturated heterocycles. The van der Waals surface area contributed by atoms with Crippen LogP contribution in [0.25, 0.3) is 22.2 Å². The molecule has 2 aromatic carbocycles. The number of nitrogen functional groups attached to an aromatic ring is 1. The minimum Gasteiger partial charge on any atom is -0.383 e. The molecule has 9 heteroatoms. The first-order valence-electron chi connectivity index (χ1n) is 9.69. The number of nitrogens with two attached hydrogens (primary N) is 1. The summed E-state index contributed by atoms with van der Waals surface area (Å²) in [7, 11) is 0. The number of benzene rings is 2. The molecule has 4 aromatic rings. The summed E-state index contributed by atoms with van der Waals surface area (Å²) in [5.41, 5.74) is 9.46. The Hall–Kier alpha value is -3.16. The maximum Gasteiger partial charge on any atom is 0.257 e. The molecule has 0 atom stereocenters. The summed E-state index contributed by atoms with van der Waals surface area (Å²) in [5.74, 6) is 0.130. The Bertz CT molecular complexity index is 1330. The Morgan fingerprint density at radius 3 is 2.55 bits per heavy atom. The fourth-order valence-electron chi connectivity index (χ4n) is 3.09. The van der Waals surface area contributed by atoms with Crippen LogP contribution < -0.4 is 11.1 Å². The summed E-state index contributed by atoms with van der Waals surface area (Å²) < 4.78 is 1.42. The van der Waals surface area contributed by atoms with E-state index in [0.717, 1.165) is 5.56 Å². The highest BCUT2D eigenvalue weighted by atomic mass is 35.5. The standard InChI is InChI=1S/C22H20Cl2N6O/c1-12(2)10-26-22(31)18-19-21(29-17-6-4-3-5-16(17)28-19)30(20(18)25)27-11-13-7-8-14(23)15(24)9-13/h3-9,11-12H,10,25H2,1-2H3,(H,26,31)/b27-11+. The number of para-hydroxylation sites is 2. The van der Waals surface area contributed by atoms with E-state index in [1.165, 1.54) is 4.68 Å². The number of hydrogen-bond acceptors (Lipinski definition) is 5. The second kappa shape index (κ2) is 8.53. The fraction of sp³-hybridized carbons (Fsp3) is 0.182. The molecule has 0 aliphatic rings. The van der Waals surface area contributed by atoms with Crippen LogP contribution in [0.15, 0.2) is 47.6 Å². The second-order valence-corrected chi connectivity index (χ2v) is 8.29. The molecule has 0 bridgehead atoms. The number of aromatic nitrogens is 3. The fourth-order valence-corrected chi connectivity index (χ4v) is 3.40. The molecule has 3 N–H and O–H groups in total. The average Bonchev–Trinajstić information content (AvgIpc) is 3.01. The summed E-state index contributed by atoms with van der Waals surface area (Å²) in [6, 6.07) is 12.6. The zero-order chi connectivity index (χ0) is 22.1. The Kier molecular flexibility index (Phi) is 5.80. The van der Waals surface area contributed by atoms with Gasteiger partial charge in [0.2, 0.25) is 0 Å². The van der Waals surface area contributed by atoms with E-state index in [9.17, 15) is 4.79 Å². The summed E-state index contributed by atoms with van der Waals surface area (Å²) in [6.07, 6.45) is 1.57. The number of halogens is 2. The highest BCUT2D eigenvalue weighted by molar-refractivity contribution is 6.42. The van der Waals surface area contributed by atoms with Gasteiger partial charge < -0.3 is 11.1 Å². The number of carbonyl (C=O) groups is 1. The number of rotatable bonds is 5. The van der Waals surface area contributed by atoms with Gasteiger partial charge in [-0.3, -0.25) is 4.79 Å². The number of nitrogens with one attached hydrogen (secondary N) is 1. The van der Waals surface area contributed by atoms with Gasteiger partial charge in [0.05, 0.1) is 27.3 Å². The number of anilines is 1. The third-order valence-corrected chi connectivity index (χ3v) is 5.38. The number of nitrogens with zero attached hydrogens (tertiary/aromatic N) is 4. The molecule has 158 valence electrons. The van der Waals surface area contributed by atoms with Crippen LogP contribution in [-0.2, 0) is 0 Å². The summed E-state index contributed by atoms with van der Waals surface area (Å²) in [4.78, 5) is 22.2. The molecule has 0 unspecified atom stereocenters. The molecule has 0 aliphatic heterocycles. The highest BCUT2D eigenvalue weighted by Gasteiger charge is 2.24. The van der Waals surface area contributed by atoms with Crippen LogP contribution in [0, 0.1) is 5.92 Å². The smallest absolute Gasteiger partial charge is 0.257 e. The number of hydrogen-bond donors (Lipinski definition) is 2. The van der Waals surface area contributed by atoms with Crippen LogP contribution in [0.2, 0.25) is 10.0 Å². The molecule has 0 spiro atoms. The molecule has 2 aromatic heterocycles. The van der Waals surface area contributed by atoms with E-state index in [-0.39, 0.29) is 23.2 Å². The molecule has 7 nitrogen and oxygen atoms in total. The lowest BCUT2D eigenvalue weighted by Crippen LogP contribution is -2.28. The Morgan fingerprint density at radius 1 is 1.16 bits per heavy atom. The van der Waals surface area contributed by atoms with Gasteiger partial charge in [0, 0.05) is 6.54 Å². The van der Waals surface area contributed by atoms with Gasteiger partial charge in [0.1, 0.15) is 16.9 Å². The predicted molar refractivity (Wildman–Crippen MR) is 126 cm³/mol. The number of fused-ring (bicyclic) bond motifs is 2. The molecule has 31 heavy (non-hydrogen) atoms. The zero-order valence-corrected chi connectivity index (χ0v) is 18.4. The van der Waals surface area contributed by atoms with Crippen molar-refractivity contribution in [3.63, 3.8) is 0 Å². The molecule has 1 amide bonds. The number of carbonyl (C=O) groups excluding carboxylic acids is 1. The van der Waals surface area contributed by atoms with Crippen molar-refractivity contribution in [1.29, 1.82) is 0 Å². The lowest BCUT2D eigenvalue weighted by Gasteiger charge is -2.07. The van der Waals surface area contributed by atoms with Gasteiger partial charge >= 0.3 is 0 Å². The molecular formula is C22H20Cl2N6O. The zero-order valence-electron chi connectivity index (χ0n) is 16.9. The van der Waals surface area contributed by atoms with Crippen LogP contribution in [0.1, 0.15) is 29.8 Å². The van der Waals surface area contributed by atoms with Crippen LogP contribution in [0.5, 0.6) is 0 Å². The van der Waals surface area contributed by atoms with Crippen LogP contribution in [-0.4, -0.2) is 33.3 Å². The third kappa shape index (κ3) is 4.19. The topological polar surface area (TPSA) is 98.2 Å². The molecule has 0 radical (unpaired) electrons. The van der Waals surface area contributed by atoms with E-state index < -0.39 is 0 Å². The van der Waals surface area contributed by atoms with E-state index in [4.69, 9.17) is 28.9 Å². The minimum absolute atomic E-state index is 0.155. The maximum atomic E-state index is 12.9. The minimum atomic E-state index is -0.315. The van der Waals surface area contributed by atoms with E-state index in [0.29, 0.717) is 38.8 Å². The highest BCUT2D eigenvalue weighted by Crippen LogP contribution is 2.28. The van der Waals surface area contributed by atoms with Crippen molar-refractivity contribution in [3.8, 4) is 0 Å². The van der Waals surface area contributed by atoms with Crippen molar-refractivity contribution in [1.82, 2.24) is 20.0 Å². The summed E-state index contributed by atoms with van der Waals surface area (Å²) >= 11 is 12.1. The normalized spacial score (nSPS) is 11.8. The lowest BCUT2D eigenvalue weighted by atomic mass is 10.2. The summed E-state index contributed by atoms with van der Waals surface area (Å²) in [6.45, 7) is 4.54. The molecule has 0 saturated carbocycles.